The van der Waals surface area contributed by atoms with Gasteiger partial charge in [0, 0.05) is 5.56 Å². The quantitative estimate of drug-likeness (QED) is 0.577. The Bertz CT molecular complexity index is 516. The van der Waals surface area contributed by atoms with Crippen LogP contribution in [0.1, 0.15) is 0 Å². The van der Waals surface area contributed by atoms with Crippen molar-refractivity contribution in [1.29, 1.82) is 0 Å². The number of aromatic amines is 2. The number of nitrogens with two attached hydrogens (primary N) is 1. The summed E-state index contributed by atoms with van der Waals surface area (Å²) in [5.41, 5.74) is 5.35. The molecule has 0 spiro atoms. The molecular weight excluding hydrogens is 187 g/mol. The highest BCUT2D eigenvalue weighted by molar-refractivity contribution is 5.71. The van der Waals surface area contributed by atoms with E-state index in [4.69, 9.17) is 5.73 Å². The van der Waals surface area contributed by atoms with Gasteiger partial charge in [-0.15, -0.1) is 0 Å². The Hall–Kier alpha value is -2.11. The van der Waals surface area contributed by atoms with Crippen molar-refractivity contribution in [3.05, 3.63) is 34.5 Å². The van der Waals surface area contributed by atoms with Crippen LogP contribution in [-0.4, -0.2) is 15.2 Å². The second kappa shape index (κ2) is 2.99. The number of nitrogens with zero attached hydrogens (tertiary/aromatic N) is 1. The van der Waals surface area contributed by atoms with Crippen LogP contribution < -0.4 is 11.4 Å². The summed E-state index contributed by atoms with van der Waals surface area (Å²) in [5, 5.41) is 5.82. The van der Waals surface area contributed by atoms with Gasteiger partial charge < -0.3 is 5.73 Å². The smallest absolute Gasteiger partial charge is 0.340 e. The lowest BCUT2D eigenvalue weighted by molar-refractivity contribution is 0.633. The molecule has 0 fully saturated rings. The molecular formula is C8H7FN4O. The van der Waals surface area contributed by atoms with E-state index in [0.717, 1.165) is 0 Å². The molecule has 72 valence electrons. The molecule has 2 aromatic rings. The van der Waals surface area contributed by atoms with Gasteiger partial charge in [-0.25, -0.2) is 14.3 Å². The predicted molar refractivity (Wildman–Crippen MR) is 49.0 cm³/mol. The number of nitrogens with one attached hydrogen (secondary N) is 2. The highest BCUT2D eigenvalue weighted by atomic mass is 19.1. The molecule has 1 aromatic carbocycles. The van der Waals surface area contributed by atoms with Crippen molar-refractivity contribution >= 4 is 5.69 Å². The molecule has 0 aliphatic heterocycles. The first-order valence-electron chi connectivity index (χ1n) is 3.87. The zero-order chi connectivity index (χ0) is 10.1. The van der Waals surface area contributed by atoms with Crippen LogP contribution in [-0.2, 0) is 0 Å². The van der Waals surface area contributed by atoms with Crippen LogP contribution in [0.15, 0.2) is 23.0 Å². The summed E-state index contributed by atoms with van der Waals surface area (Å²) in [7, 11) is 0. The molecule has 0 bridgehead atoms. The van der Waals surface area contributed by atoms with Crippen LogP contribution >= 0.6 is 0 Å². The summed E-state index contributed by atoms with van der Waals surface area (Å²) >= 11 is 0. The van der Waals surface area contributed by atoms with Crippen molar-refractivity contribution in [3.63, 3.8) is 0 Å². The van der Waals surface area contributed by atoms with Gasteiger partial charge in [-0.05, 0) is 12.1 Å². The third-order valence-electron chi connectivity index (χ3n) is 1.81. The van der Waals surface area contributed by atoms with Gasteiger partial charge in [-0.1, -0.05) is 6.07 Å². The first-order chi connectivity index (χ1) is 6.68. The molecule has 0 unspecified atom stereocenters. The molecule has 0 amide bonds. The molecule has 2 rings (SSSR count). The minimum Gasteiger partial charge on any atom is -0.396 e. The summed E-state index contributed by atoms with van der Waals surface area (Å²) in [6.07, 6.45) is 0. The number of hydrogen-bond acceptors (Lipinski definition) is 3. The van der Waals surface area contributed by atoms with Gasteiger partial charge in [0.15, 0.2) is 5.82 Å². The van der Waals surface area contributed by atoms with E-state index in [0.29, 0.717) is 5.56 Å². The monoisotopic (exact) mass is 194 g/mol. The van der Waals surface area contributed by atoms with Gasteiger partial charge in [0.05, 0.1) is 5.69 Å². The Morgan fingerprint density at radius 3 is 2.86 bits per heavy atom. The Labute approximate surface area is 77.8 Å². The lowest BCUT2D eigenvalue weighted by Gasteiger charge is -2.01. The van der Waals surface area contributed by atoms with Crippen molar-refractivity contribution in [2.24, 2.45) is 0 Å². The topological polar surface area (TPSA) is 87.6 Å². The number of para-hydroxylation sites is 1. The fraction of sp³-hybridized carbons (Fsp3) is 0. The van der Waals surface area contributed by atoms with E-state index in [-0.39, 0.29) is 11.5 Å². The molecule has 0 saturated heterocycles. The van der Waals surface area contributed by atoms with Crippen LogP contribution in [0.2, 0.25) is 0 Å². The average Bonchev–Trinajstić information content (AvgIpc) is 2.57. The zero-order valence-electron chi connectivity index (χ0n) is 7.04. The third-order valence-corrected chi connectivity index (χ3v) is 1.81. The average molecular weight is 194 g/mol. The van der Waals surface area contributed by atoms with Crippen molar-refractivity contribution in [2.75, 3.05) is 5.73 Å². The van der Waals surface area contributed by atoms with E-state index in [2.05, 4.69) is 15.2 Å². The lowest BCUT2D eigenvalue weighted by atomic mass is 10.1. The number of anilines is 1. The van der Waals surface area contributed by atoms with Gasteiger partial charge >= 0.3 is 5.69 Å². The summed E-state index contributed by atoms with van der Waals surface area (Å²) in [5.74, 6) is -0.307. The number of halogens is 1. The van der Waals surface area contributed by atoms with Gasteiger partial charge in [0.2, 0.25) is 0 Å². The standard InChI is InChI=1S/C8H7FN4O/c9-5-3-1-2-4(6(5)10)7-11-8(14)13-12-7/h1-3H,10H2,(H2,11,12,13,14). The summed E-state index contributed by atoms with van der Waals surface area (Å²) < 4.78 is 13.0. The lowest BCUT2D eigenvalue weighted by Crippen LogP contribution is -2.01. The highest BCUT2D eigenvalue weighted by Gasteiger charge is 2.09. The van der Waals surface area contributed by atoms with Gasteiger partial charge in [0.1, 0.15) is 5.82 Å². The maximum atomic E-state index is 13.0. The molecule has 0 aliphatic carbocycles. The zero-order valence-corrected chi connectivity index (χ0v) is 7.04. The van der Waals surface area contributed by atoms with E-state index >= 15 is 0 Å². The molecule has 0 radical (unpaired) electrons. The number of aromatic nitrogens is 3. The molecule has 1 heterocycles. The van der Waals surface area contributed by atoms with Crippen LogP contribution in [0.5, 0.6) is 0 Å². The SMILES string of the molecule is Nc1c(F)cccc1-c1n[nH]c(=O)[nH]1. The van der Waals surface area contributed by atoms with Crippen molar-refractivity contribution < 1.29 is 4.39 Å². The van der Waals surface area contributed by atoms with E-state index in [9.17, 15) is 9.18 Å². The van der Waals surface area contributed by atoms with Crippen LogP contribution in [0.3, 0.4) is 0 Å². The third kappa shape index (κ3) is 1.26. The molecule has 4 N–H and O–H groups in total. The van der Waals surface area contributed by atoms with Crippen LogP contribution in [0, 0.1) is 5.82 Å². The Balaban J connectivity index is 2.62. The number of H-pyrrole nitrogens is 2. The minimum atomic E-state index is -0.536. The first kappa shape index (κ1) is 8.49. The fourth-order valence-corrected chi connectivity index (χ4v) is 1.14. The minimum absolute atomic E-state index is 0.0322. The highest BCUT2D eigenvalue weighted by Crippen LogP contribution is 2.23. The van der Waals surface area contributed by atoms with Crippen LogP contribution in [0.4, 0.5) is 10.1 Å². The molecule has 5 nitrogen and oxygen atoms in total. The molecule has 1 aromatic heterocycles. The summed E-state index contributed by atoms with van der Waals surface area (Å²) in [4.78, 5) is 13.1. The number of hydrogen-bond donors (Lipinski definition) is 3. The maximum absolute atomic E-state index is 13.0. The van der Waals surface area contributed by atoms with E-state index in [1.807, 2.05) is 0 Å². The number of nitrogen functional groups attached to an aromatic ring is 1. The van der Waals surface area contributed by atoms with Crippen molar-refractivity contribution in [1.82, 2.24) is 15.2 Å². The molecule has 14 heavy (non-hydrogen) atoms. The molecule has 6 heteroatoms. The van der Waals surface area contributed by atoms with Gasteiger partial charge in [0.25, 0.3) is 0 Å². The Morgan fingerprint density at radius 2 is 2.21 bits per heavy atom. The second-order valence-electron chi connectivity index (χ2n) is 2.73. The predicted octanol–water partition coefficient (Wildman–Crippen LogP) is 0.486. The van der Waals surface area contributed by atoms with Gasteiger partial charge in [-0.2, -0.15) is 5.10 Å². The first-order valence-corrected chi connectivity index (χ1v) is 3.87. The molecule has 0 aliphatic rings. The molecule has 0 atom stereocenters. The van der Waals surface area contributed by atoms with Crippen molar-refractivity contribution in [2.45, 2.75) is 0 Å². The second-order valence-corrected chi connectivity index (χ2v) is 2.73. The van der Waals surface area contributed by atoms with E-state index in [1.54, 1.807) is 6.07 Å². The fourth-order valence-electron chi connectivity index (χ4n) is 1.14. The number of rotatable bonds is 1. The molecule has 0 saturated carbocycles. The van der Waals surface area contributed by atoms with E-state index < -0.39 is 11.5 Å². The maximum Gasteiger partial charge on any atom is 0.340 e. The summed E-state index contributed by atoms with van der Waals surface area (Å²) in [6, 6.07) is 4.31. The Kier molecular flexibility index (Phi) is 1.81. The van der Waals surface area contributed by atoms with E-state index in [1.165, 1.54) is 12.1 Å². The number of benzene rings is 1. The normalized spacial score (nSPS) is 10.4. The van der Waals surface area contributed by atoms with Crippen LogP contribution in [0.25, 0.3) is 11.4 Å². The van der Waals surface area contributed by atoms with Crippen molar-refractivity contribution in [3.8, 4) is 11.4 Å². The Morgan fingerprint density at radius 1 is 1.43 bits per heavy atom. The summed E-state index contributed by atoms with van der Waals surface area (Å²) in [6.45, 7) is 0. The van der Waals surface area contributed by atoms with Gasteiger partial charge in [-0.3, -0.25) is 4.98 Å². The largest absolute Gasteiger partial charge is 0.396 e.